The third-order valence-corrected chi connectivity index (χ3v) is 10.3. The third-order valence-electron chi connectivity index (χ3n) is 9.21. The lowest BCUT2D eigenvalue weighted by molar-refractivity contribution is -0.894. The average molecular weight is 917 g/mol. The fourth-order valence-corrected chi connectivity index (χ4v) is 7.65. The average Bonchev–Trinajstić information content (AvgIpc) is 3.46. The number of alkyl halides is 3. The van der Waals surface area contributed by atoms with Gasteiger partial charge in [-0.25, -0.2) is 9.59 Å². The molecule has 1 aromatic rings. The highest BCUT2D eigenvalue weighted by atomic mass is 31.2. The molecule has 2 aliphatic rings. The zero-order valence-corrected chi connectivity index (χ0v) is 36.2. The van der Waals surface area contributed by atoms with E-state index >= 15 is 0 Å². The van der Waals surface area contributed by atoms with E-state index in [1.807, 2.05) is 0 Å². The summed E-state index contributed by atoms with van der Waals surface area (Å²) in [7, 11) is -5.19. The van der Waals surface area contributed by atoms with Crippen LogP contribution in [-0.2, 0) is 70.9 Å². The van der Waals surface area contributed by atoms with Crippen molar-refractivity contribution in [3.05, 3.63) is 22.7 Å². The molecule has 3 amide bonds. The van der Waals surface area contributed by atoms with Gasteiger partial charge in [0.15, 0.2) is 24.0 Å². The number of phosphoric ester groups is 1. The van der Waals surface area contributed by atoms with Crippen LogP contribution < -0.4 is 31.4 Å². The summed E-state index contributed by atoms with van der Waals surface area (Å²) in [6.45, 7) is 14.1. The molecule has 0 aromatic carbocycles. The lowest BCUT2D eigenvalue weighted by atomic mass is 9.76. The first kappa shape index (κ1) is 53.1. The number of hydrogen-bond donors (Lipinski definition) is 4. The molecule has 27 heteroatoms. The van der Waals surface area contributed by atoms with Gasteiger partial charge in [-0.2, -0.15) is 18.2 Å². The number of aromatic nitrogens is 2. The maximum absolute atomic E-state index is 13.5. The van der Waals surface area contributed by atoms with Crippen LogP contribution in [0.5, 0.6) is 0 Å². The van der Waals surface area contributed by atoms with Crippen LogP contribution in [0.2, 0.25) is 0 Å². The fraction of sp³-hybridized carbons (Fsp3) is 0.686. The number of methoxy groups -OCH3 is 1. The largest absolute Gasteiger partial charge is 0.756 e. The molecule has 3 rings (SSSR count). The first-order valence-electron chi connectivity index (χ1n) is 19.0. The first-order valence-corrected chi connectivity index (χ1v) is 20.5. The fourth-order valence-electron chi connectivity index (χ4n) is 6.62. The molecule has 1 saturated heterocycles. The van der Waals surface area contributed by atoms with Gasteiger partial charge in [0.25, 0.3) is 7.82 Å². The van der Waals surface area contributed by atoms with Crippen LogP contribution in [0.4, 0.5) is 19.0 Å². The second-order valence-corrected chi connectivity index (χ2v) is 15.2. The van der Waals surface area contributed by atoms with Crippen molar-refractivity contribution in [2.75, 3.05) is 38.7 Å². The van der Waals surface area contributed by atoms with Gasteiger partial charge in [-0.1, -0.05) is 0 Å². The molecule has 4 N–H and O–H groups in total. The Morgan fingerprint density at radius 1 is 0.919 bits per heavy atom. The summed E-state index contributed by atoms with van der Waals surface area (Å²) in [6.07, 6.45) is -15.2. The van der Waals surface area contributed by atoms with Crippen LogP contribution >= 0.6 is 7.82 Å². The van der Waals surface area contributed by atoms with E-state index in [4.69, 9.17) is 28.0 Å². The normalized spacial score (nSPS) is 25.5. The Balaban J connectivity index is 0.00000173. The predicted octanol–water partition coefficient (Wildman–Crippen LogP) is -1.42. The van der Waals surface area contributed by atoms with Crippen molar-refractivity contribution in [3.8, 4) is 0 Å². The van der Waals surface area contributed by atoms with Crippen molar-refractivity contribution >= 4 is 55.2 Å². The van der Waals surface area contributed by atoms with Gasteiger partial charge >= 0.3 is 41.7 Å². The Labute approximate surface area is 353 Å². The van der Waals surface area contributed by atoms with Gasteiger partial charge in [-0.15, -0.1) is 0 Å². The zero-order valence-electron chi connectivity index (χ0n) is 35.4. The SMILES string of the molecule is CC[NH+](CC)CC.COC(=O)[C@]1(OP(=O)([O-])OC[C@H]2O[C@@H](n3ccc(NC(C)=O)nc3=O)[C@H](OC(C)=O)[C@@H]2OC(C)=O)C[C@H](NC(=O)C(F)(F)F)[C@@H](NC(C)=O)[C@H](OC(C)=O)C1. The van der Waals surface area contributed by atoms with E-state index in [9.17, 15) is 61.0 Å². The summed E-state index contributed by atoms with van der Waals surface area (Å²) in [5.74, 6) is -8.87. The summed E-state index contributed by atoms with van der Waals surface area (Å²) in [5.41, 5.74) is -3.98. The summed E-state index contributed by atoms with van der Waals surface area (Å²) in [5, 5.41) is 6.02. The number of hydrogen-bond acceptors (Lipinski definition) is 18. The molecule has 62 heavy (non-hydrogen) atoms. The Morgan fingerprint density at radius 2 is 1.48 bits per heavy atom. The van der Waals surface area contributed by atoms with Gasteiger partial charge in [0.2, 0.25) is 11.8 Å². The van der Waals surface area contributed by atoms with Crippen molar-refractivity contribution in [2.24, 2.45) is 0 Å². The maximum atomic E-state index is 13.5. The van der Waals surface area contributed by atoms with Crippen LogP contribution in [0.25, 0.3) is 0 Å². The third kappa shape index (κ3) is 15.4. The van der Waals surface area contributed by atoms with Gasteiger partial charge < -0.3 is 54.0 Å². The highest BCUT2D eigenvalue weighted by Crippen LogP contribution is 2.50. The second kappa shape index (κ2) is 22.9. The number of phosphoric acid groups is 1. The summed E-state index contributed by atoms with van der Waals surface area (Å²) < 4.78 is 90.4. The maximum Gasteiger partial charge on any atom is 0.471 e. The Hall–Kier alpha value is -5.01. The van der Waals surface area contributed by atoms with Gasteiger partial charge in [-0.05, 0) is 26.8 Å². The number of ether oxygens (including phenoxy) is 5. The minimum atomic E-state index is -5.94. The van der Waals surface area contributed by atoms with E-state index in [-0.39, 0.29) is 5.82 Å². The van der Waals surface area contributed by atoms with Crippen LogP contribution in [0.15, 0.2) is 17.1 Å². The summed E-state index contributed by atoms with van der Waals surface area (Å²) in [4.78, 5) is 116. The summed E-state index contributed by atoms with van der Waals surface area (Å²) in [6, 6.07) is -2.52. The number of halogens is 3. The van der Waals surface area contributed by atoms with Crippen LogP contribution in [-0.4, -0.2) is 133 Å². The Bertz CT molecular complexity index is 1890. The minimum Gasteiger partial charge on any atom is -0.756 e. The lowest BCUT2D eigenvalue weighted by Gasteiger charge is -2.47. The molecular weight excluding hydrogens is 864 g/mol. The number of carbonyl (C=O) groups excluding carboxylic acids is 7. The van der Waals surface area contributed by atoms with E-state index in [2.05, 4.69) is 41.1 Å². The smallest absolute Gasteiger partial charge is 0.471 e. The highest BCUT2D eigenvalue weighted by Gasteiger charge is 2.58. The van der Waals surface area contributed by atoms with Crippen LogP contribution in [0.1, 0.15) is 74.5 Å². The molecule has 1 unspecified atom stereocenters. The van der Waals surface area contributed by atoms with Gasteiger partial charge in [-0.3, -0.25) is 42.4 Å². The molecule has 0 bridgehead atoms. The standard InChI is InChI=1S/C29H37F3N5O17P.C6H15N/c1-12(38)33-20-7-8-37(27(45)36-20)24-23(52-16(5)42)22(51-15(4)41)19(53-24)11-49-55(46,47)54-28(26(44)48-6)9-17(35-25(43)29(30,31)32)21(34-13(2)39)18(10-28)50-14(3)40;1-4-7(5-2)6-3/h7-8,17-19,21-24H,9-11H2,1-6H3,(H,34,39)(H,35,43)(H,46,47)(H,33,36,38,45);4-6H2,1-3H3/t17-,18+,19+,21+,22+,23+,24+,28-;/m0./s1. The molecule has 2 heterocycles. The van der Waals surface area contributed by atoms with Crippen LogP contribution in [0.3, 0.4) is 0 Å². The quantitative estimate of drug-likeness (QED) is 0.0841. The zero-order chi connectivity index (χ0) is 47.3. The molecular formula is C35H52F3N6O17P. The topological polar surface area (TPSA) is 300 Å². The molecule has 0 spiro atoms. The number of carbonyl (C=O) groups is 7. The number of nitrogens with one attached hydrogen (secondary N) is 4. The molecule has 9 atom stereocenters. The second-order valence-electron chi connectivity index (χ2n) is 13.9. The number of nitrogens with zero attached hydrogens (tertiary/aromatic N) is 2. The van der Waals surface area contributed by atoms with Crippen molar-refractivity contribution < 1.29 is 93.8 Å². The number of amides is 3. The minimum absolute atomic E-state index is 0.182. The van der Waals surface area contributed by atoms with Crippen LogP contribution in [0, 0.1) is 0 Å². The molecule has 23 nitrogen and oxygen atoms in total. The van der Waals surface area contributed by atoms with E-state index < -0.39 is 129 Å². The van der Waals surface area contributed by atoms with Gasteiger partial charge in [0.05, 0.1) is 45.4 Å². The highest BCUT2D eigenvalue weighted by molar-refractivity contribution is 7.46. The molecule has 1 aliphatic heterocycles. The van der Waals surface area contributed by atoms with E-state index in [0.29, 0.717) is 0 Å². The summed E-state index contributed by atoms with van der Waals surface area (Å²) >= 11 is 0. The number of quaternary nitrogens is 1. The number of esters is 4. The Kier molecular flexibility index (Phi) is 19.6. The Morgan fingerprint density at radius 3 is 1.94 bits per heavy atom. The molecule has 1 aromatic heterocycles. The first-order chi connectivity index (χ1) is 28.7. The number of anilines is 1. The van der Waals surface area contributed by atoms with Crippen molar-refractivity contribution in [1.82, 2.24) is 20.2 Å². The molecule has 2 fully saturated rings. The lowest BCUT2D eigenvalue weighted by Crippen LogP contribution is -3.11. The van der Waals surface area contributed by atoms with E-state index in [0.717, 1.165) is 58.6 Å². The molecule has 0 radical (unpaired) electrons. The van der Waals surface area contributed by atoms with Crippen molar-refractivity contribution in [1.29, 1.82) is 0 Å². The number of rotatable bonds is 16. The molecule has 350 valence electrons. The van der Waals surface area contributed by atoms with Gasteiger partial charge in [0.1, 0.15) is 18.0 Å². The van der Waals surface area contributed by atoms with E-state index in [1.54, 1.807) is 10.2 Å². The monoisotopic (exact) mass is 916 g/mol. The van der Waals surface area contributed by atoms with E-state index in [1.165, 1.54) is 19.6 Å². The molecule has 1 aliphatic carbocycles. The van der Waals surface area contributed by atoms with Gasteiger partial charge in [0, 0.05) is 53.7 Å². The van der Waals surface area contributed by atoms with Crippen molar-refractivity contribution in [2.45, 2.75) is 123 Å². The van der Waals surface area contributed by atoms with Crippen molar-refractivity contribution in [3.63, 3.8) is 0 Å². The predicted molar refractivity (Wildman–Crippen MR) is 200 cm³/mol. The molecule has 1 saturated carbocycles.